The Bertz CT molecular complexity index is 621. The van der Waals surface area contributed by atoms with Gasteiger partial charge in [-0.25, -0.2) is 4.79 Å². The minimum absolute atomic E-state index is 0.147. The highest BCUT2D eigenvalue weighted by Gasteiger charge is 2.43. The lowest BCUT2D eigenvalue weighted by atomic mass is 9.82. The second-order valence-electron chi connectivity index (χ2n) is 8.24. The van der Waals surface area contributed by atoms with Crippen LogP contribution in [0.3, 0.4) is 0 Å². The number of benzene rings is 1. The summed E-state index contributed by atoms with van der Waals surface area (Å²) in [5.41, 5.74) is 4.13. The molecule has 1 aromatic rings. The molecule has 132 valence electrons. The first-order valence-electron chi connectivity index (χ1n) is 9.50. The number of carbonyl (C=O) groups excluding carboxylic acids is 1. The zero-order valence-electron chi connectivity index (χ0n) is 15.7. The number of esters is 1. The second-order valence-corrected chi connectivity index (χ2v) is 8.24. The van der Waals surface area contributed by atoms with Crippen molar-refractivity contribution in [2.75, 3.05) is 26.7 Å². The molecule has 0 amide bonds. The quantitative estimate of drug-likeness (QED) is 0.614. The normalized spacial score (nSPS) is 29.8. The van der Waals surface area contributed by atoms with E-state index >= 15 is 0 Å². The summed E-state index contributed by atoms with van der Waals surface area (Å²) in [5.74, 6) is 0.381. The Labute approximate surface area is 146 Å². The van der Waals surface area contributed by atoms with Crippen molar-refractivity contribution in [2.45, 2.75) is 58.9 Å². The molecule has 2 fully saturated rings. The van der Waals surface area contributed by atoms with Crippen molar-refractivity contribution in [3.8, 4) is 0 Å². The van der Waals surface area contributed by atoms with Crippen LogP contribution in [0.4, 0.5) is 0 Å². The number of hydrogen-bond donors (Lipinski definition) is 0. The maximum atomic E-state index is 12.6. The molecule has 0 N–H and O–H groups in total. The van der Waals surface area contributed by atoms with Crippen LogP contribution in [0.15, 0.2) is 12.1 Å². The van der Waals surface area contributed by atoms with Gasteiger partial charge in [0, 0.05) is 12.3 Å². The third-order valence-electron chi connectivity index (χ3n) is 6.50. The number of fused-ring (bicyclic) bond motifs is 1. The van der Waals surface area contributed by atoms with E-state index in [0.717, 1.165) is 16.7 Å². The van der Waals surface area contributed by atoms with Crippen LogP contribution in [-0.4, -0.2) is 43.2 Å². The smallest absolute Gasteiger partial charge is 0.338 e. The summed E-state index contributed by atoms with van der Waals surface area (Å²) >= 11 is 0. The summed E-state index contributed by atoms with van der Waals surface area (Å²) in [7, 11) is 2.41. The molecule has 0 saturated carbocycles. The molecular weight excluding hydrogens is 298 g/mol. The van der Waals surface area contributed by atoms with Crippen LogP contribution in [0.1, 0.15) is 59.2 Å². The molecule has 0 radical (unpaired) electrons. The van der Waals surface area contributed by atoms with Gasteiger partial charge >= 0.3 is 5.97 Å². The molecule has 3 rings (SSSR count). The highest BCUT2D eigenvalue weighted by Crippen LogP contribution is 2.36. The van der Waals surface area contributed by atoms with Crippen molar-refractivity contribution in [1.82, 2.24) is 0 Å². The molecule has 0 bridgehead atoms. The molecule has 0 aliphatic carbocycles. The Kier molecular flexibility index (Phi) is 5.00. The predicted molar refractivity (Wildman–Crippen MR) is 97.2 cm³/mol. The summed E-state index contributed by atoms with van der Waals surface area (Å²) in [5, 5.41) is 0. The van der Waals surface area contributed by atoms with Crippen molar-refractivity contribution in [3.05, 3.63) is 34.4 Å². The van der Waals surface area contributed by atoms with Crippen LogP contribution in [-0.2, 0) is 4.74 Å². The summed E-state index contributed by atoms with van der Waals surface area (Å²) in [4.78, 5) is 12.6. The van der Waals surface area contributed by atoms with Crippen LogP contribution in [0.5, 0.6) is 0 Å². The zero-order valence-corrected chi connectivity index (χ0v) is 15.7. The van der Waals surface area contributed by atoms with E-state index in [1.54, 1.807) is 0 Å². The van der Waals surface area contributed by atoms with Gasteiger partial charge in [-0.1, -0.05) is 6.07 Å². The Hall–Kier alpha value is -1.35. The SMILES string of the molecule is Cc1cc(C)c(C(=O)OC[C@H]2CCC[N@+]3(C)CCCC[C@@H]23)cc1C. The number of ether oxygens (including phenoxy) is 1. The van der Waals surface area contributed by atoms with E-state index in [1.807, 2.05) is 13.0 Å². The van der Waals surface area contributed by atoms with Gasteiger partial charge in [0.15, 0.2) is 0 Å². The van der Waals surface area contributed by atoms with Crippen molar-refractivity contribution in [3.63, 3.8) is 0 Å². The van der Waals surface area contributed by atoms with Gasteiger partial charge in [-0.15, -0.1) is 0 Å². The highest BCUT2D eigenvalue weighted by atomic mass is 16.5. The van der Waals surface area contributed by atoms with E-state index in [-0.39, 0.29) is 5.97 Å². The molecule has 3 nitrogen and oxygen atoms in total. The molecule has 24 heavy (non-hydrogen) atoms. The highest BCUT2D eigenvalue weighted by molar-refractivity contribution is 5.91. The average Bonchev–Trinajstić information content (AvgIpc) is 2.55. The summed E-state index contributed by atoms with van der Waals surface area (Å²) in [6.07, 6.45) is 6.44. The molecule has 3 heteroatoms. The van der Waals surface area contributed by atoms with Gasteiger partial charge in [0.2, 0.25) is 0 Å². The van der Waals surface area contributed by atoms with Crippen LogP contribution in [0.2, 0.25) is 0 Å². The second kappa shape index (κ2) is 6.87. The minimum Gasteiger partial charge on any atom is -0.462 e. The van der Waals surface area contributed by atoms with Gasteiger partial charge < -0.3 is 9.22 Å². The monoisotopic (exact) mass is 330 g/mol. The Morgan fingerprint density at radius 1 is 1.04 bits per heavy atom. The number of rotatable bonds is 3. The van der Waals surface area contributed by atoms with Crippen molar-refractivity contribution < 1.29 is 14.0 Å². The molecule has 0 aromatic heterocycles. The molecule has 1 aromatic carbocycles. The molecule has 3 atom stereocenters. The van der Waals surface area contributed by atoms with Gasteiger partial charge in [0.05, 0.1) is 31.7 Å². The van der Waals surface area contributed by atoms with E-state index < -0.39 is 0 Å². The fourth-order valence-electron chi connectivity index (χ4n) is 4.87. The van der Waals surface area contributed by atoms with E-state index in [2.05, 4.69) is 27.0 Å². The van der Waals surface area contributed by atoms with E-state index in [1.165, 1.54) is 55.2 Å². The lowest BCUT2D eigenvalue weighted by molar-refractivity contribution is -0.947. The first-order chi connectivity index (χ1) is 11.4. The number of quaternary nitrogens is 1. The molecule has 0 spiro atoms. The zero-order chi connectivity index (χ0) is 17.3. The van der Waals surface area contributed by atoms with E-state index in [9.17, 15) is 4.79 Å². The van der Waals surface area contributed by atoms with Crippen LogP contribution in [0.25, 0.3) is 0 Å². The standard InChI is InChI=1S/C21H32NO2/c1-15-12-17(3)19(13-16(15)2)21(23)24-14-18-8-7-11-22(4)10-6-5-9-20(18)22/h12-13,18,20H,5-11,14H2,1-4H3/q+1/t18-,20+,22+/m1/s1. The van der Waals surface area contributed by atoms with Crippen LogP contribution < -0.4 is 0 Å². The first-order valence-corrected chi connectivity index (χ1v) is 9.50. The van der Waals surface area contributed by atoms with Crippen LogP contribution in [0, 0.1) is 26.7 Å². The molecule has 0 unspecified atom stereocenters. The van der Waals surface area contributed by atoms with Gasteiger partial charge in [0.1, 0.15) is 6.61 Å². The maximum Gasteiger partial charge on any atom is 0.338 e. The third-order valence-corrected chi connectivity index (χ3v) is 6.50. The molecule has 2 saturated heterocycles. The number of piperidine rings is 2. The summed E-state index contributed by atoms with van der Waals surface area (Å²) in [6, 6.07) is 4.75. The first kappa shape index (κ1) is 17.5. The molecule has 2 aliphatic heterocycles. The van der Waals surface area contributed by atoms with Crippen molar-refractivity contribution >= 4 is 5.97 Å². The summed E-state index contributed by atoms with van der Waals surface area (Å²) in [6.45, 7) is 9.32. The number of hydrogen-bond acceptors (Lipinski definition) is 2. The average molecular weight is 330 g/mol. The van der Waals surface area contributed by atoms with Gasteiger partial charge in [-0.2, -0.15) is 0 Å². The Morgan fingerprint density at radius 2 is 1.75 bits per heavy atom. The molecule has 2 heterocycles. The van der Waals surface area contributed by atoms with Crippen molar-refractivity contribution in [1.29, 1.82) is 0 Å². The largest absolute Gasteiger partial charge is 0.462 e. The van der Waals surface area contributed by atoms with Crippen molar-refractivity contribution in [2.24, 2.45) is 5.92 Å². The number of aryl methyl sites for hydroxylation is 3. The van der Waals surface area contributed by atoms with E-state index in [4.69, 9.17) is 4.74 Å². The topological polar surface area (TPSA) is 26.3 Å². The molecular formula is C21H32NO2+. The molecule has 2 aliphatic rings. The Balaban J connectivity index is 1.67. The number of carbonyl (C=O) groups is 1. The van der Waals surface area contributed by atoms with Gasteiger partial charge in [-0.05, 0) is 69.2 Å². The predicted octanol–water partition coefficient (Wildman–Crippen LogP) is 4.18. The fraction of sp³-hybridized carbons (Fsp3) is 0.667. The lowest BCUT2D eigenvalue weighted by Crippen LogP contribution is -2.61. The van der Waals surface area contributed by atoms with Gasteiger partial charge in [0.25, 0.3) is 0 Å². The minimum atomic E-state index is -0.147. The summed E-state index contributed by atoms with van der Waals surface area (Å²) < 4.78 is 6.99. The van der Waals surface area contributed by atoms with E-state index in [0.29, 0.717) is 18.6 Å². The Morgan fingerprint density at radius 3 is 2.54 bits per heavy atom. The lowest BCUT2D eigenvalue weighted by Gasteiger charge is -2.51. The number of nitrogens with zero attached hydrogens (tertiary/aromatic N) is 1. The fourth-order valence-corrected chi connectivity index (χ4v) is 4.87. The van der Waals surface area contributed by atoms with Crippen LogP contribution >= 0.6 is 0 Å². The maximum absolute atomic E-state index is 12.6. The van der Waals surface area contributed by atoms with Gasteiger partial charge in [-0.3, -0.25) is 0 Å². The third kappa shape index (κ3) is 3.37.